The Labute approximate surface area is 151 Å². The molecule has 0 bridgehead atoms. The van der Waals surface area contributed by atoms with Gasteiger partial charge in [0.25, 0.3) is 0 Å². The van der Waals surface area contributed by atoms with E-state index in [4.69, 9.17) is 0 Å². The summed E-state index contributed by atoms with van der Waals surface area (Å²) in [6.07, 6.45) is 1.74. The summed E-state index contributed by atoms with van der Waals surface area (Å²) in [5.74, 6) is -1.12. The number of hydrogen-bond acceptors (Lipinski definition) is 4. The lowest BCUT2D eigenvalue weighted by molar-refractivity contribution is -0.141. The number of pyridine rings is 1. The van der Waals surface area contributed by atoms with Gasteiger partial charge in [-0.25, -0.2) is 0 Å². The molecular weight excluding hydrogens is 328 g/mol. The minimum atomic E-state index is -0.736. The van der Waals surface area contributed by atoms with Crippen LogP contribution in [0.1, 0.15) is 17.2 Å². The summed E-state index contributed by atoms with van der Waals surface area (Å²) < 4.78 is 0. The molecule has 3 heterocycles. The zero-order valence-corrected chi connectivity index (χ0v) is 14.2. The highest BCUT2D eigenvalue weighted by atomic mass is 16.4. The van der Waals surface area contributed by atoms with Gasteiger partial charge in [-0.2, -0.15) is 5.10 Å². The molecule has 2 aromatic heterocycles. The number of nitrogens with one attached hydrogen (secondary N) is 1. The number of carbonyl (C=O) groups is 1. The van der Waals surface area contributed by atoms with Crippen molar-refractivity contribution in [2.75, 3.05) is 13.1 Å². The van der Waals surface area contributed by atoms with E-state index in [1.165, 1.54) is 0 Å². The zero-order chi connectivity index (χ0) is 17.9. The third-order valence-electron chi connectivity index (χ3n) is 4.89. The maximum Gasteiger partial charge on any atom is 0.308 e. The largest absolute Gasteiger partial charge is 0.481 e. The van der Waals surface area contributed by atoms with Crippen LogP contribution in [0.3, 0.4) is 0 Å². The minimum Gasteiger partial charge on any atom is -0.481 e. The van der Waals surface area contributed by atoms with Gasteiger partial charge < -0.3 is 5.11 Å². The molecule has 1 saturated heterocycles. The lowest BCUT2D eigenvalue weighted by Gasteiger charge is -2.15. The molecule has 1 aliphatic rings. The summed E-state index contributed by atoms with van der Waals surface area (Å²) >= 11 is 0. The SMILES string of the molecule is O=C(O)[C@@H]1CN(Cc2cc(-c3ccccn3)n[nH]2)C[C@H]1c1ccccc1. The molecule has 0 unspecified atom stereocenters. The van der Waals surface area contributed by atoms with Crippen LogP contribution in [0.2, 0.25) is 0 Å². The molecule has 26 heavy (non-hydrogen) atoms. The van der Waals surface area contributed by atoms with Gasteiger partial charge in [0, 0.05) is 37.4 Å². The lowest BCUT2D eigenvalue weighted by Crippen LogP contribution is -2.23. The molecule has 3 aromatic rings. The van der Waals surface area contributed by atoms with Crippen LogP contribution >= 0.6 is 0 Å². The summed E-state index contributed by atoms with van der Waals surface area (Å²) in [5, 5.41) is 17.0. The Morgan fingerprint density at radius 1 is 1.12 bits per heavy atom. The van der Waals surface area contributed by atoms with Crippen molar-refractivity contribution in [3.8, 4) is 11.4 Å². The van der Waals surface area contributed by atoms with Crippen LogP contribution in [0.15, 0.2) is 60.8 Å². The number of aliphatic carboxylic acids is 1. The Bertz CT molecular complexity index is 879. The van der Waals surface area contributed by atoms with Gasteiger partial charge in [0.1, 0.15) is 5.69 Å². The summed E-state index contributed by atoms with van der Waals surface area (Å²) in [4.78, 5) is 18.2. The van der Waals surface area contributed by atoms with E-state index in [0.717, 1.165) is 29.2 Å². The fraction of sp³-hybridized carbons (Fsp3) is 0.250. The number of carboxylic acids is 1. The van der Waals surface area contributed by atoms with Crippen LogP contribution in [0.5, 0.6) is 0 Å². The summed E-state index contributed by atoms with van der Waals surface area (Å²) in [5.41, 5.74) is 3.67. The van der Waals surface area contributed by atoms with Crippen molar-refractivity contribution in [1.29, 1.82) is 0 Å². The molecule has 4 rings (SSSR count). The fourth-order valence-electron chi connectivity index (χ4n) is 3.63. The Balaban J connectivity index is 1.49. The normalized spacial score (nSPS) is 20.3. The van der Waals surface area contributed by atoms with E-state index in [2.05, 4.69) is 20.1 Å². The first kappa shape index (κ1) is 16.5. The van der Waals surface area contributed by atoms with Gasteiger partial charge >= 0.3 is 5.97 Å². The maximum atomic E-state index is 11.7. The van der Waals surface area contributed by atoms with E-state index >= 15 is 0 Å². The number of aromatic nitrogens is 3. The number of benzene rings is 1. The summed E-state index contributed by atoms with van der Waals surface area (Å²) in [6.45, 7) is 1.90. The molecule has 2 atom stereocenters. The molecule has 1 aliphatic heterocycles. The molecule has 6 heteroatoms. The number of aromatic amines is 1. The quantitative estimate of drug-likeness (QED) is 0.741. The van der Waals surface area contributed by atoms with E-state index < -0.39 is 11.9 Å². The van der Waals surface area contributed by atoms with Gasteiger partial charge in [0.2, 0.25) is 0 Å². The third-order valence-corrected chi connectivity index (χ3v) is 4.89. The van der Waals surface area contributed by atoms with Gasteiger partial charge in [0.15, 0.2) is 0 Å². The number of likely N-dealkylation sites (tertiary alicyclic amines) is 1. The standard InChI is InChI=1S/C20H20N4O2/c25-20(26)17-13-24(12-16(17)14-6-2-1-3-7-14)11-15-10-19(23-22-15)18-8-4-5-9-21-18/h1-10,16-17H,11-13H2,(H,22,23)(H,25,26)/t16-,17+/m0/s1. The number of nitrogens with zero attached hydrogens (tertiary/aromatic N) is 3. The molecule has 0 aliphatic carbocycles. The van der Waals surface area contributed by atoms with Crippen molar-refractivity contribution in [2.45, 2.75) is 12.5 Å². The van der Waals surface area contributed by atoms with E-state index in [1.54, 1.807) is 6.20 Å². The molecule has 1 aromatic carbocycles. The predicted molar refractivity (Wildman–Crippen MR) is 97.4 cm³/mol. The topological polar surface area (TPSA) is 82.1 Å². The van der Waals surface area contributed by atoms with Crippen molar-refractivity contribution in [3.05, 3.63) is 72.1 Å². The second-order valence-corrected chi connectivity index (χ2v) is 6.65. The van der Waals surface area contributed by atoms with E-state index in [0.29, 0.717) is 13.1 Å². The molecule has 2 N–H and O–H groups in total. The highest BCUT2D eigenvalue weighted by Crippen LogP contribution is 2.33. The Hall–Kier alpha value is -2.99. The molecule has 0 amide bonds. The number of rotatable bonds is 5. The Morgan fingerprint density at radius 2 is 1.92 bits per heavy atom. The zero-order valence-electron chi connectivity index (χ0n) is 14.2. The average molecular weight is 348 g/mol. The second-order valence-electron chi connectivity index (χ2n) is 6.65. The van der Waals surface area contributed by atoms with Crippen LogP contribution in [0.25, 0.3) is 11.4 Å². The van der Waals surface area contributed by atoms with Gasteiger partial charge in [-0.05, 0) is 23.8 Å². The monoisotopic (exact) mass is 348 g/mol. The van der Waals surface area contributed by atoms with Crippen molar-refractivity contribution in [2.24, 2.45) is 5.92 Å². The first-order valence-electron chi connectivity index (χ1n) is 8.66. The van der Waals surface area contributed by atoms with Crippen molar-refractivity contribution in [3.63, 3.8) is 0 Å². The number of carboxylic acid groups (broad SMARTS) is 1. The predicted octanol–water partition coefficient (Wildman–Crippen LogP) is 2.77. The smallest absolute Gasteiger partial charge is 0.308 e. The van der Waals surface area contributed by atoms with E-state index in [1.807, 2.05) is 54.6 Å². The van der Waals surface area contributed by atoms with Crippen molar-refractivity contribution in [1.82, 2.24) is 20.1 Å². The molecule has 0 radical (unpaired) electrons. The van der Waals surface area contributed by atoms with Gasteiger partial charge in [-0.3, -0.25) is 19.8 Å². The Morgan fingerprint density at radius 3 is 2.65 bits per heavy atom. The van der Waals surface area contributed by atoms with Crippen LogP contribution in [0.4, 0.5) is 0 Å². The van der Waals surface area contributed by atoms with Gasteiger partial charge in [0.05, 0.1) is 11.6 Å². The van der Waals surface area contributed by atoms with Gasteiger partial charge in [-0.1, -0.05) is 36.4 Å². The fourth-order valence-corrected chi connectivity index (χ4v) is 3.63. The van der Waals surface area contributed by atoms with Crippen molar-refractivity contribution < 1.29 is 9.90 Å². The second kappa shape index (κ2) is 7.09. The molecule has 0 saturated carbocycles. The summed E-state index contributed by atoms with van der Waals surface area (Å²) in [7, 11) is 0. The van der Waals surface area contributed by atoms with Gasteiger partial charge in [-0.15, -0.1) is 0 Å². The molecule has 0 spiro atoms. The van der Waals surface area contributed by atoms with Crippen LogP contribution < -0.4 is 0 Å². The van der Waals surface area contributed by atoms with Crippen LogP contribution in [-0.4, -0.2) is 44.2 Å². The first-order valence-corrected chi connectivity index (χ1v) is 8.66. The first-order chi connectivity index (χ1) is 12.7. The highest BCUT2D eigenvalue weighted by Gasteiger charge is 2.38. The average Bonchev–Trinajstić information content (AvgIpc) is 3.31. The number of hydrogen-bond donors (Lipinski definition) is 2. The highest BCUT2D eigenvalue weighted by molar-refractivity contribution is 5.72. The van der Waals surface area contributed by atoms with Crippen LogP contribution in [-0.2, 0) is 11.3 Å². The third kappa shape index (κ3) is 3.36. The lowest BCUT2D eigenvalue weighted by atomic mass is 9.89. The van der Waals surface area contributed by atoms with E-state index in [-0.39, 0.29) is 5.92 Å². The molecule has 132 valence electrons. The number of H-pyrrole nitrogens is 1. The Kier molecular flexibility index (Phi) is 4.50. The molecule has 1 fully saturated rings. The van der Waals surface area contributed by atoms with E-state index in [9.17, 15) is 9.90 Å². The molecule has 6 nitrogen and oxygen atoms in total. The summed E-state index contributed by atoms with van der Waals surface area (Å²) in [6, 6.07) is 17.6. The van der Waals surface area contributed by atoms with Crippen molar-refractivity contribution >= 4 is 5.97 Å². The molecular formula is C20H20N4O2. The van der Waals surface area contributed by atoms with Crippen LogP contribution in [0, 0.1) is 5.92 Å². The minimum absolute atomic E-state index is 0.00637. The maximum absolute atomic E-state index is 11.7.